The Kier molecular flexibility index (Phi) is 2.95. The number of carboxylic acid groups (broad SMARTS) is 1. The van der Waals surface area contributed by atoms with Crippen molar-refractivity contribution < 1.29 is 15.0 Å². The van der Waals surface area contributed by atoms with Crippen LogP contribution >= 0.6 is 11.6 Å². The van der Waals surface area contributed by atoms with E-state index in [2.05, 4.69) is 0 Å². The van der Waals surface area contributed by atoms with Crippen molar-refractivity contribution in [3.05, 3.63) is 28.8 Å². The van der Waals surface area contributed by atoms with E-state index in [0.717, 1.165) is 6.07 Å². The molecule has 14 heavy (non-hydrogen) atoms. The Morgan fingerprint density at radius 3 is 2.64 bits per heavy atom. The van der Waals surface area contributed by atoms with Crippen LogP contribution in [0.3, 0.4) is 0 Å². The van der Waals surface area contributed by atoms with Gasteiger partial charge in [0, 0.05) is 5.56 Å². The molecule has 0 saturated heterocycles. The number of alkyl halides is 1. The SMILES string of the molecule is N#Cc1cc(C(=O)O)cc(O)c1CCl. The van der Waals surface area contributed by atoms with E-state index >= 15 is 0 Å². The molecule has 5 heteroatoms. The lowest BCUT2D eigenvalue weighted by Crippen LogP contribution is -1.99. The average Bonchev–Trinajstić information content (AvgIpc) is 2.16. The number of hydrogen-bond donors (Lipinski definition) is 2. The van der Waals surface area contributed by atoms with Gasteiger partial charge in [-0.3, -0.25) is 0 Å². The van der Waals surface area contributed by atoms with Crippen molar-refractivity contribution >= 4 is 17.6 Å². The van der Waals surface area contributed by atoms with Gasteiger partial charge in [0.05, 0.1) is 23.1 Å². The molecular weight excluding hydrogens is 206 g/mol. The van der Waals surface area contributed by atoms with Gasteiger partial charge in [-0.15, -0.1) is 11.6 Å². The van der Waals surface area contributed by atoms with Crippen LogP contribution < -0.4 is 0 Å². The molecule has 0 spiro atoms. The van der Waals surface area contributed by atoms with Crippen molar-refractivity contribution in [2.75, 3.05) is 0 Å². The highest BCUT2D eigenvalue weighted by molar-refractivity contribution is 6.17. The van der Waals surface area contributed by atoms with Crippen LogP contribution in [0.5, 0.6) is 5.75 Å². The van der Waals surface area contributed by atoms with Gasteiger partial charge in [-0.2, -0.15) is 5.26 Å². The Labute approximate surface area is 85.0 Å². The van der Waals surface area contributed by atoms with E-state index in [0.29, 0.717) is 0 Å². The summed E-state index contributed by atoms with van der Waals surface area (Å²) < 4.78 is 0. The normalized spacial score (nSPS) is 9.43. The standard InChI is InChI=1S/C9H6ClNO3/c10-3-7-6(4-11)1-5(9(13)14)2-8(7)12/h1-2,12H,3H2,(H,13,14). The molecule has 1 aromatic carbocycles. The smallest absolute Gasteiger partial charge is 0.335 e. The Morgan fingerprint density at radius 1 is 1.57 bits per heavy atom. The molecule has 1 rings (SSSR count). The lowest BCUT2D eigenvalue weighted by Gasteiger charge is -2.04. The number of rotatable bonds is 2. The molecule has 0 radical (unpaired) electrons. The number of benzene rings is 1. The second-order valence-corrected chi connectivity index (χ2v) is 2.84. The second-order valence-electron chi connectivity index (χ2n) is 2.57. The summed E-state index contributed by atoms with van der Waals surface area (Å²) in [6.45, 7) is 0. The first-order chi connectivity index (χ1) is 6.60. The first-order valence-corrected chi connectivity index (χ1v) is 4.18. The number of carbonyl (C=O) groups is 1. The Bertz CT molecular complexity index is 423. The number of aromatic carboxylic acids is 1. The summed E-state index contributed by atoms with van der Waals surface area (Å²) >= 11 is 5.49. The largest absolute Gasteiger partial charge is 0.508 e. The maximum Gasteiger partial charge on any atom is 0.335 e. The summed E-state index contributed by atoms with van der Waals surface area (Å²) in [7, 11) is 0. The van der Waals surface area contributed by atoms with Crippen LogP contribution in [0.25, 0.3) is 0 Å². The highest BCUT2D eigenvalue weighted by atomic mass is 35.5. The van der Waals surface area contributed by atoms with Gasteiger partial charge >= 0.3 is 5.97 Å². The summed E-state index contributed by atoms with van der Waals surface area (Å²) in [4.78, 5) is 10.6. The van der Waals surface area contributed by atoms with Gasteiger partial charge in [0.2, 0.25) is 0 Å². The van der Waals surface area contributed by atoms with Crippen LogP contribution in [0.2, 0.25) is 0 Å². The number of halogens is 1. The minimum Gasteiger partial charge on any atom is -0.508 e. The molecule has 0 bridgehead atoms. The van der Waals surface area contributed by atoms with Crippen molar-refractivity contribution in [1.29, 1.82) is 5.26 Å². The molecule has 1 aromatic rings. The molecule has 4 nitrogen and oxygen atoms in total. The fourth-order valence-electron chi connectivity index (χ4n) is 1.02. The number of phenolic OH excluding ortho intramolecular Hbond substituents is 1. The van der Waals surface area contributed by atoms with E-state index in [4.69, 9.17) is 22.0 Å². The molecule has 0 unspecified atom stereocenters. The average molecular weight is 212 g/mol. The van der Waals surface area contributed by atoms with E-state index in [1.54, 1.807) is 6.07 Å². The molecule has 0 fully saturated rings. The lowest BCUT2D eigenvalue weighted by atomic mass is 10.0. The topological polar surface area (TPSA) is 81.3 Å². The summed E-state index contributed by atoms with van der Waals surface area (Å²) in [6.07, 6.45) is 0. The summed E-state index contributed by atoms with van der Waals surface area (Å²) in [5.74, 6) is -1.50. The number of hydrogen-bond acceptors (Lipinski definition) is 3. The second kappa shape index (κ2) is 3.99. The van der Waals surface area contributed by atoms with Gasteiger partial charge in [-0.1, -0.05) is 0 Å². The third-order valence-corrected chi connectivity index (χ3v) is 1.99. The number of nitrogens with zero attached hydrogens (tertiary/aromatic N) is 1. The Morgan fingerprint density at radius 2 is 2.21 bits per heavy atom. The fraction of sp³-hybridized carbons (Fsp3) is 0.111. The van der Waals surface area contributed by atoms with Crippen molar-refractivity contribution in [3.8, 4) is 11.8 Å². The van der Waals surface area contributed by atoms with Crippen LogP contribution in [0.4, 0.5) is 0 Å². The number of carboxylic acids is 1. The van der Waals surface area contributed by atoms with E-state index in [9.17, 15) is 9.90 Å². The first kappa shape index (κ1) is 10.4. The maximum absolute atomic E-state index is 10.6. The van der Waals surface area contributed by atoms with E-state index in [1.807, 2.05) is 0 Å². The summed E-state index contributed by atoms with van der Waals surface area (Å²) in [5.41, 5.74) is 0.199. The monoisotopic (exact) mass is 211 g/mol. The third kappa shape index (κ3) is 1.78. The highest BCUT2D eigenvalue weighted by Gasteiger charge is 2.12. The van der Waals surface area contributed by atoms with Gasteiger partial charge in [-0.25, -0.2) is 4.79 Å². The molecule has 0 atom stereocenters. The van der Waals surface area contributed by atoms with Crippen LogP contribution in [0.1, 0.15) is 21.5 Å². The van der Waals surface area contributed by atoms with Crippen LogP contribution in [0, 0.1) is 11.3 Å². The lowest BCUT2D eigenvalue weighted by molar-refractivity contribution is 0.0696. The van der Waals surface area contributed by atoms with Gasteiger partial charge < -0.3 is 10.2 Å². The molecule has 0 aliphatic carbocycles. The summed E-state index contributed by atoms with van der Waals surface area (Å²) in [5, 5.41) is 26.7. The quantitative estimate of drug-likeness (QED) is 0.730. The van der Waals surface area contributed by atoms with E-state index in [1.165, 1.54) is 6.07 Å². The molecule has 0 saturated carbocycles. The van der Waals surface area contributed by atoms with E-state index < -0.39 is 5.97 Å². The van der Waals surface area contributed by atoms with Crippen molar-refractivity contribution in [1.82, 2.24) is 0 Å². The van der Waals surface area contributed by atoms with Gasteiger partial charge in [0.1, 0.15) is 5.75 Å². The zero-order valence-electron chi connectivity index (χ0n) is 6.99. The van der Waals surface area contributed by atoms with Gasteiger partial charge in [0.15, 0.2) is 0 Å². The van der Waals surface area contributed by atoms with Gasteiger partial charge in [-0.05, 0) is 12.1 Å². The molecule has 0 aromatic heterocycles. The fourth-order valence-corrected chi connectivity index (χ4v) is 1.30. The highest BCUT2D eigenvalue weighted by Crippen LogP contribution is 2.24. The number of aromatic hydroxyl groups is 1. The van der Waals surface area contributed by atoms with Crippen molar-refractivity contribution in [3.63, 3.8) is 0 Å². The molecular formula is C9H6ClNO3. The Hall–Kier alpha value is -1.73. The zero-order chi connectivity index (χ0) is 10.7. The van der Waals surface area contributed by atoms with Crippen molar-refractivity contribution in [2.45, 2.75) is 5.88 Å². The summed E-state index contributed by atoms with van der Waals surface area (Å²) in [6, 6.07) is 4.03. The van der Waals surface area contributed by atoms with Crippen LogP contribution in [-0.2, 0) is 5.88 Å². The molecule has 0 aliphatic rings. The number of phenols is 1. The van der Waals surface area contributed by atoms with E-state index in [-0.39, 0.29) is 28.3 Å². The molecule has 0 heterocycles. The van der Waals surface area contributed by atoms with Crippen molar-refractivity contribution in [2.24, 2.45) is 0 Å². The number of nitriles is 1. The molecule has 0 aliphatic heterocycles. The molecule has 0 amide bonds. The maximum atomic E-state index is 10.6. The van der Waals surface area contributed by atoms with Crippen LogP contribution in [-0.4, -0.2) is 16.2 Å². The Balaban J connectivity index is 3.41. The zero-order valence-corrected chi connectivity index (χ0v) is 7.75. The predicted octanol–water partition coefficient (Wildman–Crippen LogP) is 1.70. The molecule has 72 valence electrons. The third-order valence-electron chi connectivity index (χ3n) is 1.73. The van der Waals surface area contributed by atoms with Crippen LogP contribution in [0.15, 0.2) is 12.1 Å². The first-order valence-electron chi connectivity index (χ1n) is 3.65. The minimum absolute atomic E-state index is 0.0331. The minimum atomic E-state index is -1.20. The molecule has 2 N–H and O–H groups in total. The predicted molar refractivity (Wildman–Crippen MR) is 49.3 cm³/mol. The van der Waals surface area contributed by atoms with Gasteiger partial charge in [0.25, 0.3) is 0 Å².